The van der Waals surface area contributed by atoms with E-state index in [9.17, 15) is 5.11 Å². The molecule has 0 atom stereocenters. The lowest BCUT2D eigenvalue weighted by Gasteiger charge is -1.96. The van der Waals surface area contributed by atoms with Crippen molar-refractivity contribution in [2.24, 2.45) is 4.99 Å². The summed E-state index contributed by atoms with van der Waals surface area (Å²) in [5, 5.41) is 9.55. The molecule has 0 fully saturated rings. The van der Waals surface area contributed by atoms with E-state index in [1.165, 1.54) is 6.07 Å². The second-order valence-corrected chi connectivity index (χ2v) is 2.79. The minimum Gasteiger partial charge on any atom is -0.506 e. The first-order valence-corrected chi connectivity index (χ1v) is 4.03. The Morgan fingerprint density at radius 2 is 2.38 bits per heavy atom. The van der Waals surface area contributed by atoms with Gasteiger partial charge in [0.25, 0.3) is 0 Å². The van der Waals surface area contributed by atoms with Crippen LogP contribution < -0.4 is 0 Å². The van der Waals surface area contributed by atoms with Gasteiger partial charge in [-0.05, 0) is 17.7 Å². The highest BCUT2D eigenvalue weighted by molar-refractivity contribution is 6.32. The normalized spacial score (nSPS) is 10.2. The molecule has 0 aliphatic carbocycles. The second-order valence-electron chi connectivity index (χ2n) is 2.38. The largest absolute Gasteiger partial charge is 0.506 e. The molecule has 0 spiro atoms. The number of rotatable bonds is 2. The topological polar surface area (TPSA) is 32.6 Å². The van der Waals surface area contributed by atoms with Gasteiger partial charge in [0.2, 0.25) is 0 Å². The van der Waals surface area contributed by atoms with E-state index in [2.05, 4.69) is 10.9 Å². The number of aliphatic imine (C=N–C) groups is 1. The van der Waals surface area contributed by atoms with E-state index >= 15 is 0 Å². The van der Waals surface area contributed by atoms with Crippen LogP contribution in [0.2, 0.25) is 5.02 Å². The van der Waals surface area contributed by atoms with Gasteiger partial charge in [-0.25, -0.2) is 0 Å². The number of hydrogen-bond acceptors (Lipinski definition) is 2. The molecule has 0 unspecified atom stereocenters. The van der Waals surface area contributed by atoms with Crippen molar-refractivity contribution in [3.8, 4) is 18.1 Å². The molecule has 0 radical (unpaired) electrons. The van der Waals surface area contributed by atoms with Crippen LogP contribution in [0.25, 0.3) is 0 Å². The molecule has 1 aromatic carbocycles. The number of benzene rings is 1. The first kappa shape index (κ1) is 9.63. The van der Waals surface area contributed by atoms with Crippen LogP contribution in [0.3, 0.4) is 0 Å². The lowest BCUT2D eigenvalue weighted by atomic mass is 10.2. The third kappa shape index (κ3) is 2.81. The van der Waals surface area contributed by atoms with E-state index in [0.29, 0.717) is 11.6 Å². The van der Waals surface area contributed by atoms with Crippen LogP contribution in [-0.4, -0.2) is 17.9 Å². The van der Waals surface area contributed by atoms with E-state index in [4.69, 9.17) is 18.0 Å². The molecule has 3 heteroatoms. The molecule has 0 bridgehead atoms. The summed E-state index contributed by atoms with van der Waals surface area (Å²) in [5.74, 6) is 2.42. The summed E-state index contributed by atoms with van der Waals surface area (Å²) < 4.78 is 0. The van der Waals surface area contributed by atoms with Gasteiger partial charge in [0.05, 0.1) is 11.6 Å². The summed E-state index contributed by atoms with van der Waals surface area (Å²) in [4.78, 5) is 3.92. The average Bonchev–Trinajstić information content (AvgIpc) is 2.12. The van der Waals surface area contributed by atoms with Crippen molar-refractivity contribution < 1.29 is 5.11 Å². The monoisotopic (exact) mass is 193 g/mol. The van der Waals surface area contributed by atoms with Gasteiger partial charge in [-0.3, -0.25) is 4.99 Å². The average molecular weight is 194 g/mol. The Labute approximate surface area is 81.9 Å². The molecule has 2 nitrogen and oxygen atoms in total. The zero-order valence-corrected chi connectivity index (χ0v) is 7.62. The van der Waals surface area contributed by atoms with E-state index < -0.39 is 0 Å². The van der Waals surface area contributed by atoms with Crippen LogP contribution >= 0.6 is 11.6 Å². The van der Waals surface area contributed by atoms with Crippen LogP contribution in [0.1, 0.15) is 5.56 Å². The summed E-state index contributed by atoms with van der Waals surface area (Å²) in [6.45, 7) is 0.337. The fourth-order valence-electron chi connectivity index (χ4n) is 0.814. The van der Waals surface area contributed by atoms with E-state index in [1.54, 1.807) is 18.3 Å². The van der Waals surface area contributed by atoms with Crippen molar-refractivity contribution in [2.45, 2.75) is 0 Å². The van der Waals surface area contributed by atoms with Crippen molar-refractivity contribution >= 4 is 17.8 Å². The lowest BCUT2D eigenvalue weighted by molar-refractivity contribution is 0.475. The Bertz CT molecular complexity index is 366. The summed E-state index contributed by atoms with van der Waals surface area (Å²) in [7, 11) is 0. The van der Waals surface area contributed by atoms with E-state index in [-0.39, 0.29) is 5.75 Å². The second kappa shape index (κ2) is 4.54. The molecular formula is C10H8ClNO. The number of phenols is 1. The summed E-state index contributed by atoms with van der Waals surface area (Å²) >= 11 is 5.62. The highest BCUT2D eigenvalue weighted by atomic mass is 35.5. The maximum Gasteiger partial charge on any atom is 0.134 e. The molecule has 0 saturated heterocycles. The Balaban J connectivity index is 2.81. The van der Waals surface area contributed by atoms with Crippen molar-refractivity contribution in [1.29, 1.82) is 0 Å². The van der Waals surface area contributed by atoms with Crippen molar-refractivity contribution in [1.82, 2.24) is 0 Å². The summed E-state index contributed by atoms with van der Waals surface area (Å²) in [5.41, 5.74) is 0.775. The van der Waals surface area contributed by atoms with Gasteiger partial charge in [0.15, 0.2) is 0 Å². The summed E-state index contributed by atoms with van der Waals surface area (Å²) in [6.07, 6.45) is 6.61. The Morgan fingerprint density at radius 1 is 1.62 bits per heavy atom. The quantitative estimate of drug-likeness (QED) is 0.566. The van der Waals surface area contributed by atoms with Gasteiger partial charge in [-0.1, -0.05) is 23.6 Å². The van der Waals surface area contributed by atoms with E-state index in [1.807, 2.05) is 0 Å². The number of hydrogen-bond donors (Lipinski definition) is 1. The van der Waals surface area contributed by atoms with Gasteiger partial charge < -0.3 is 5.11 Å². The molecule has 0 aliphatic heterocycles. The third-order valence-electron chi connectivity index (χ3n) is 1.39. The van der Waals surface area contributed by atoms with Crippen LogP contribution in [-0.2, 0) is 0 Å². The molecule has 0 amide bonds. The minimum absolute atomic E-state index is 0.0475. The maximum atomic E-state index is 9.22. The Morgan fingerprint density at radius 3 is 3.00 bits per heavy atom. The highest BCUT2D eigenvalue weighted by Crippen LogP contribution is 2.22. The zero-order chi connectivity index (χ0) is 9.68. The smallest absolute Gasteiger partial charge is 0.134 e. The van der Waals surface area contributed by atoms with Crippen molar-refractivity contribution in [3.63, 3.8) is 0 Å². The van der Waals surface area contributed by atoms with Gasteiger partial charge in [-0.15, -0.1) is 6.42 Å². The molecule has 66 valence electrons. The first-order chi connectivity index (χ1) is 6.24. The molecule has 0 saturated carbocycles. The molecular weight excluding hydrogens is 186 g/mol. The fraction of sp³-hybridized carbons (Fsp3) is 0.100. The number of terminal acetylenes is 1. The molecule has 0 aliphatic rings. The number of halogens is 1. The van der Waals surface area contributed by atoms with Crippen LogP contribution in [0.15, 0.2) is 23.2 Å². The van der Waals surface area contributed by atoms with Gasteiger partial charge >= 0.3 is 0 Å². The van der Waals surface area contributed by atoms with E-state index in [0.717, 1.165) is 5.56 Å². The van der Waals surface area contributed by atoms with Crippen molar-refractivity contribution in [3.05, 3.63) is 28.8 Å². The fourth-order valence-corrected chi connectivity index (χ4v) is 0.931. The molecule has 1 N–H and O–H groups in total. The van der Waals surface area contributed by atoms with Gasteiger partial charge in [-0.2, -0.15) is 0 Å². The lowest BCUT2D eigenvalue weighted by Crippen LogP contribution is -1.82. The SMILES string of the molecule is C#CCN=Cc1ccc(Cl)c(O)c1. The Kier molecular flexibility index (Phi) is 3.36. The standard InChI is InChI=1S/C10H8ClNO/c1-2-5-12-7-8-3-4-9(11)10(13)6-8/h1,3-4,6-7,13H,5H2. The molecule has 0 aromatic heterocycles. The molecule has 1 aromatic rings. The van der Waals surface area contributed by atoms with Crippen molar-refractivity contribution in [2.75, 3.05) is 6.54 Å². The molecule has 13 heavy (non-hydrogen) atoms. The van der Waals surface area contributed by atoms with Gasteiger partial charge in [0, 0.05) is 6.21 Å². The molecule has 1 rings (SSSR count). The first-order valence-electron chi connectivity index (χ1n) is 3.66. The van der Waals surface area contributed by atoms with Gasteiger partial charge in [0.1, 0.15) is 5.75 Å². The number of phenolic OH excluding ortho intramolecular Hbond substituents is 1. The number of nitrogens with zero attached hydrogens (tertiary/aromatic N) is 1. The number of aromatic hydroxyl groups is 1. The predicted molar refractivity (Wildman–Crippen MR) is 54.4 cm³/mol. The summed E-state index contributed by atoms with van der Waals surface area (Å²) in [6, 6.07) is 4.89. The minimum atomic E-state index is 0.0475. The molecule has 0 heterocycles. The Hall–Kier alpha value is -1.46. The van der Waals surface area contributed by atoms with Crippen LogP contribution in [0.4, 0.5) is 0 Å². The maximum absolute atomic E-state index is 9.22. The zero-order valence-electron chi connectivity index (χ0n) is 6.87. The van der Waals surface area contributed by atoms with Crippen LogP contribution in [0.5, 0.6) is 5.75 Å². The van der Waals surface area contributed by atoms with Crippen LogP contribution in [0, 0.1) is 12.3 Å². The third-order valence-corrected chi connectivity index (χ3v) is 1.71. The predicted octanol–water partition coefficient (Wildman–Crippen LogP) is 2.10. The highest BCUT2D eigenvalue weighted by Gasteiger charge is 1.96.